The third kappa shape index (κ3) is 5.01. The molecule has 0 aromatic heterocycles. The highest BCUT2D eigenvalue weighted by Gasteiger charge is 2.16. The van der Waals surface area contributed by atoms with E-state index in [0.717, 1.165) is 11.1 Å². The molecule has 0 saturated heterocycles. The van der Waals surface area contributed by atoms with Crippen molar-refractivity contribution in [3.05, 3.63) is 59.2 Å². The van der Waals surface area contributed by atoms with Crippen molar-refractivity contribution in [3.8, 4) is 5.75 Å². The van der Waals surface area contributed by atoms with E-state index < -0.39 is 16.6 Å². The van der Waals surface area contributed by atoms with Gasteiger partial charge in [0.1, 0.15) is 5.75 Å². The monoisotopic (exact) mass is 355 g/mol. The van der Waals surface area contributed by atoms with Crippen LogP contribution in [0.3, 0.4) is 0 Å². The Hall–Kier alpha value is -1.99. The van der Waals surface area contributed by atoms with Crippen molar-refractivity contribution in [3.63, 3.8) is 0 Å². The van der Waals surface area contributed by atoms with Crippen LogP contribution < -0.4 is 9.46 Å². The van der Waals surface area contributed by atoms with E-state index in [1.807, 2.05) is 13.0 Å². The molecule has 0 radical (unpaired) electrons. The Morgan fingerprint density at radius 1 is 1.08 bits per heavy atom. The van der Waals surface area contributed by atoms with Gasteiger partial charge in [-0.25, -0.2) is 13.1 Å². The highest BCUT2D eigenvalue weighted by Crippen LogP contribution is 2.17. The zero-order chi connectivity index (χ0) is 17.7. The Kier molecular flexibility index (Phi) is 5.90. The van der Waals surface area contributed by atoms with E-state index in [2.05, 4.69) is 9.46 Å². The number of hydrogen-bond acceptors (Lipinski definition) is 3. The molecule has 0 unspecified atom stereocenters. The molecule has 0 saturated carbocycles. The Morgan fingerprint density at radius 2 is 1.75 bits per heavy atom. The van der Waals surface area contributed by atoms with Crippen LogP contribution in [0.2, 0.25) is 0 Å². The molecule has 0 heterocycles. The SMILES string of the molecule is Cc1ccc(S(=O)(=O)NCCc2ccc(OC(F)F)cc2)c(C)c1. The molecule has 0 bridgehead atoms. The number of benzene rings is 2. The van der Waals surface area contributed by atoms with Gasteiger partial charge in [-0.3, -0.25) is 0 Å². The van der Waals surface area contributed by atoms with Crippen molar-refractivity contribution >= 4 is 10.0 Å². The third-order valence-electron chi connectivity index (χ3n) is 3.47. The second-order valence-corrected chi connectivity index (χ2v) is 7.17. The van der Waals surface area contributed by atoms with Gasteiger partial charge >= 0.3 is 6.61 Å². The molecule has 0 spiro atoms. The molecule has 7 heteroatoms. The van der Waals surface area contributed by atoms with Gasteiger partial charge in [0.2, 0.25) is 10.0 Å². The Labute approximate surface area is 140 Å². The molecule has 2 aromatic rings. The predicted octanol–water partition coefficient (Wildman–Crippen LogP) is 3.43. The first-order valence-electron chi connectivity index (χ1n) is 7.38. The normalized spacial score (nSPS) is 11.7. The Balaban J connectivity index is 1.95. The van der Waals surface area contributed by atoms with E-state index in [4.69, 9.17) is 0 Å². The van der Waals surface area contributed by atoms with Crippen molar-refractivity contribution in [1.82, 2.24) is 4.72 Å². The minimum absolute atomic E-state index is 0.0737. The Bertz CT molecular complexity index is 790. The number of rotatable bonds is 7. The van der Waals surface area contributed by atoms with Crippen LogP contribution >= 0.6 is 0 Å². The van der Waals surface area contributed by atoms with Gasteiger partial charge in [-0.1, -0.05) is 29.8 Å². The van der Waals surface area contributed by atoms with E-state index in [0.29, 0.717) is 12.0 Å². The van der Waals surface area contributed by atoms with Gasteiger partial charge in [-0.2, -0.15) is 8.78 Å². The van der Waals surface area contributed by atoms with E-state index >= 15 is 0 Å². The lowest BCUT2D eigenvalue weighted by Crippen LogP contribution is -2.26. The van der Waals surface area contributed by atoms with Crippen LogP contribution in [0.15, 0.2) is 47.4 Å². The van der Waals surface area contributed by atoms with Gasteiger partial charge in [0, 0.05) is 6.54 Å². The summed E-state index contributed by atoms with van der Waals surface area (Å²) >= 11 is 0. The maximum absolute atomic E-state index is 12.3. The number of nitrogens with one attached hydrogen (secondary N) is 1. The second-order valence-electron chi connectivity index (χ2n) is 5.44. The molecule has 0 fully saturated rings. The number of aryl methyl sites for hydroxylation is 2. The van der Waals surface area contributed by atoms with Gasteiger partial charge in [-0.15, -0.1) is 0 Å². The number of ether oxygens (including phenoxy) is 1. The maximum Gasteiger partial charge on any atom is 0.387 e. The first-order chi connectivity index (χ1) is 11.3. The van der Waals surface area contributed by atoms with E-state index in [9.17, 15) is 17.2 Å². The molecule has 4 nitrogen and oxygen atoms in total. The van der Waals surface area contributed by atoms with Gasteiger partial charge in [-0.05, 0) is 49.6 Å². The molecule has 1 N–H and O–H groups in total. The van der Waals surface area contributed by atoms with Crippen LogP contribution in [0.4, 0.5) is 8.78 Å². The molecular weight excluding hydrogens is 336 g/mol. The van der Waals surface area contributed by atoms with E-state index in [1.54, 1.807) is 31.2 Å². The van der Waals surface area contributed by atoms with Gasteiger partial charge < -0.3 is 4.74 Å². The summed E-state index contributed by atoms with van der Waals surface area (Å²) in [6.45, 7) is 1.01. The number of halogens is 2. The fourth-order valence-corrected chi connectivity index (χ4v) is 3.60. The highest BCUT2D eigenvalue weighted by atomic mass is 32.2. The van der Waals surface area contributed by atoms with Crippen LogP contribution in [0.5, 0.6) is 5.75 Å². The molecule has 2 rings (SSSR count). The zero-order valence-corrected chi connectivity index (χ0v) is 14.2. The number of hydrogen-bond donors (Lipinski definition) is 1. The molecule has 0 aliphatic heterocycles. The van der Waals surface area contributed by atoms with Crippen molar-refractivity contribution in [2.75, 3.05) is 6.54 Å². The minimum atomic E-state index is -3.58. The molecule has 2 aromatic carbocycles. The molecule has 0 aliphatic carbocycles. The lowest BCUT2D eigenvalue weighted by molar-refractivity contribution is -0.0498. The standard InChI is InChI=1S/C17H19F2NO3S/c1-12-3-8-16(13(2)11-12)24(21,22)20-10-9-14-4-6-15(7-5-14)23-17(18)19/h3-8,11,17,20H,9-10H2,1-2H3. The first-order valence-corrected chi connectivity index (χ1v) is 8.87. The number of sulfonamides is 1. The van der Waals surface area contributed by atoms with Crippen LogP contribution in [0.1, 0.15) is 16.7 Å². The Morgan fingerprint density at radius 3 is 2.33 bits per heavy atom. The van der Waals surface area contributed by atoms with E-state index in [-0.39, 0.29) is 17.2 Å². The quantitative estimate of drug-likeness (QED) is 0.828. The van der Waals surface area contributed by atoms with Crippen LogP contribution in [-0.4, -0.2) is 21.6 Å². The van der Waals surface area contributed by atoms with E-state index in [1.165, 1.54) is 12.1 Å². The topological polar surface area (TPSA) is 55.4 Å². The molecule has 130 valence electrons. The summed E-state index contributed by atoms with van der Waals surface area (Å²) in [5.41, 5.74) is 2.51. The van der Waals surface area contributed by atoms with Crippen LogP contribution in [0.25, 0.3) is 0 Å². The summed E-state index contributed by atoms with van der Waals surface area (Å²) in [7, 11) is -3.58. The van der Waals surface area contributed by atoms with Gasteiger partial charge in [0.15, 0.2) is 0 Å². The summed E-state index contributed by atoms with van der Waals surface area (Å²) in [6, 6.07) is 11.3. The average Bonchev–Trinajstić information content (AvgIpc) is 2.48. The minimum Gasteiger partial charge on any atom is -0.435 e. The summed E-state index contributed by atoms with van der Waals surface area (Å²) in [5, 5.41) is 0. The molecular formula is C17H19F2NO3S. The van der Waals surface area contributed by atoms with Crippen molar-refractivity contribution in [1.29, 1.82) is 0 Å². The molecule has 0 amide bonds. The predicted molar refractivity (Wildman–Crippen MR) is 87.9 cm³/mol. The highest BCUT2D eigenvalue weighted by molar-refractivity contribution is 7.89. The maximum atomic E-state index is 12.3. The smallest absolute Gasteiger partial charge is 0.387 e. The van der Waals surface area contributed by atoms with Crippen molar-refractivity contribution in [2.24, 2.45) is 0 Å². The summed E-state index contributed by atoms with van der Waals surface area (Å²) in [4.78, 5) is 0.258. The lowest BCUT2D eigenvalue weighted by Gasteiger charge is -2.10. The lowest BCUT2D eigenvalue weighted by atomic mass is 10.1. The average molecular weight is 355 g/mol. The van der Waals surface area contributed by atoms with Gasteiger partial charge in [0.25, 0.3) is 0 Å². The zero-order valence-electron chi connectivity index (χ0n) is 13.4. The van der Waals surface area contributed by atoms with Crippen molar-refractivity contribution < 1.29 is 21.9 Å². The largest absolute Gasteiger partial charge is 0.435 e. The van der Waals surface area contributed by atoms with Crippen molar-refractivity contribution in [2.45, 2.75) is 31.8 Å². The van der Waals surface area contributed by atoms with Crippen LogP contribution in [-0.2, 0) is 16.4 Å². The summed E-state index contributed by atoms with van der Waals surface area (Å²) < 4.78 is 55.6. The van der Waals surface area contributed by atoms with Gasteiger partial charge in [0.05, 0.1) is 4.90 Å². The first kappa shape index (κ1) is 18.4. The summed E-state index contributed by atoms with van der Waals surface area (Å²) in [6.07, 6.45) is 0.444. The third-order valence-corrected chi connectivity index (χ3v) is 5.10. The number of alkyl halides is 2. The summed E-state index contributed by atoms with van der Waals surface area (Å²) in [5.74, 6) is 0.0737. The van der Waals surface area contributed by atoms with Crippen LogP contribution in [0, 0.1) is 13.8 Å². The molecule has 0 aliphatic rings. The second kappa shape index (κ2) is 7.72. The molecule has 24 heavy (non-hydrogen) atoms. The molecule has 0 atom stereocenters. The fourth-order valence-electron chi connectivity index (χ4n) is 2.35. The fraction of sp³-hybridized carbons (Fsp3) is 0.294.